The van der Waals surface area contributed by atoms with Crippen molar-refractivity contribution in [1.29, 1.82) is 0 Å². The average molecular weight is 495 g/mol. The molecule has 176 valence electrons. The number of aromatic amines is 1. The zero-order valence-electron chi connectivity index (χ0n) is 19.1. The van der Waals surface area contributed by atoms with E-state index < -0.39 is 0 Å². The number of hydrogen-bond acceptors (Lipinski definition) is 6. The lowest BCUT2D eigenvalue weighted by molar-refractivity contribution is 0.0346. The lowest BCUT2D eigenvalue weighted by atomic mass is 9.93. The SMILES string of the molecule is CN1CCc2c([nH]c3ccc(Cl)cc23)C1c1ccc(Oc2ncc(CN3CCOCC3)s2)cc1. The molecular weight excluding hydrogens is 468 g/mol. The first-order chi connectivity index (χ1) is 16.6. The molecule has 1 saturated heterocycles. The largest absolute Gasteiger partial charge is 0.431 e. The van der Waals surface area contributed by atoms with Gasteiger partial charge in [0.05, 0.1) is 19.3 Å². The van der Waals surface area contributed by atoms with Crippen LogP contribution < -0.4 is 4.74 Å². The molecule has 4 heterocycles. The predicted molar refractivity (Wildman–Crippen MR) is 136 cm³/mol. The van der Waals surface area contributed by atoms with E-state index in [1.165, 1.54) is 27.1 Å². The van der Waals surface area contributed by atoms with Gasteiger partial charge in [-0.1, -0.05) is 35.1 Å². The van der Waals surface area contributed by atoms with Crippen LogP contribution >= 0.6 is 22.9 Å². The number of ether oxygens (including phenoxy) is 2. The Morgan fingerprint density at radius 1 is 1.15 bits per heavy atom. The molecule has 1 N–H and O–H groups in total. The van der Waals surface area contributed by atoms with Crippen LogP contribution in [0.25, 0.3) is 10.9 Å². The Labute approximate surface area is 208 Å². The summed E-state index contributed by atoms with van der Waals surface area (Å²) in [5, 5.41) is 2.69. The summed E-state index contributed by atoms with van der Waals surface area (Å²) >= 11 is 7.89. The van der Waals surface area contributed by atoms with Crippen LogP contribution in [0.1, 0.15) is 27.7 Å². The van der Waals surface area contributed by atoms with Crippen molar-refractivity contribution in [2.75, 3.05) is 39.9 Å². The van der Waals surface area contributed by atoms with E-state index >= 15 is 0 Å². The third-order valence-electron chi connectivity index (χ3n) is 6.75. The number of fused-ring (bicyclic) bond motifs is 3. The number of likely N-dealkylation sites (N-methyl/N-ethyl adjacent to an activating group) is 1. The zero-order valence-corrected chi connectivity index (χ0v) is 20.7. The van der Waals surface area contributed by atoms with Gasteiger partial charge in [0.25, 0.3) is 5.19 Å². The van der Waals surface area contributed by atoms with E-state index in [0.29, 0.717) is 5.19 Å². The van der Waals surface area contributed by atoms with Gasteiger partial charge < -0.3 is 14.5 Å². The molecule has 2 aliphatic heterocycles. The first kappa shape index (κ1) is 22.1. The molecule has 2 aromatic carbocycles. The Bertz CT molecular complexity index is 1300. The van der Waals surface area contributed by atoms with Gasteiger partial charge in [-0.25, -0.2) is 4.98 Å². The Balaban J connectivity index is 1.20. The molecule has 6 rings (SSSR count). The average Bonchev–Trinajstić information content (AvgIpc) is 3.44. The minimum absolute atomic E-state index is 0.170. The van der Waals surface area contributed by atoms with E-state index in [9.17, 15) is 0 Å². The fourth-order valence-electron chi connectivity index (χ4n) is 5.01. The van der Waals surface area contributed by atoms with Crippen molar-refractivity contribution < 1.29 is 9.47 Å². The van der Waals surface area contributed by atoms with Gasteiger partial charge in [-0.15, -0.1) is 0 Å². The monoisotopic (exact) mass is 494 g/mol. The lowest BCUT2D eigenvalue weighted by Crippen LogP contribution is -2.35. The highest BCUT2D eigenvalue weighted by molar-refractivity contribution is 7.13. The Hall–Kier alpha value is -2.42. The first-order valence-electron chi connectivity index (χ1n) is 11.7. The number of H-pyrrole nitrogens is 1. The molecule has 1 fully saturated rings. The zero-order chi connectivity index (χ0) is 23.1. The fraction of sp³-hybridized carbons (Fsp3) is 0.346. The van der Waals surface area contributed by atoms with Crippen LogP contribution in [0.3, 0.4) is 0 Å². The highest BCUT2D eigenvalue weighted by atomic mass is 35.5. The quantitative estimate of drug-likeness (QED) is 0.398. The van der Waals surface area contributed by atoms with E-state index in [-0.39, 0.29) is 6.04 Å². The molecule has 6 nitrogen and oxygen atoms in total. The minimum atomic E-state index is 0.170. The van der Waals surface area contributed by atoms with Gasteiger partial charge in [0.15, 0.2) is 0 Å². The predicted octanol–water partition coefficient (Wildman–Crippen LogP) is 5.48. The van der Waals surface area contributed by atoms with Gasteiger partial charge in [-0.05, 0) is 54.9 Å². The summed E-state index contributed by atoms with van der Waals surface area (Å²) in [6.45, 7) is 5.44. The summed E-state index contributed by atoms with van der Waals surface area (Å²) in [5.41, 5.74) is 5.01. The van der Waals surface area contributed by atoms with Gasteiger partial charge in [-0.3, -0.25) is 9.80 Å². The van der Waals surface area contributed by atoms with Crippen molar-refractivity contribution in [2.24, 2.45) is 0 Å². The smallest absolute Gasteiger partial charge is 0.278 e. The molecule has 2 aliphatic rings. The molecule has 1 unspecified atom stereocenters. The van der Waals surface area contributed by atoms with E-state index in [1.807, 2.05) is 24.4 Å². The summed E-state index contributed by atoms with van der Waals surface area (Å²) in [7, 11) is 2.18. The maximum Gasteiger partial charge on any atom is 0.278 e. The maximum absolute atomic E-state index is 6.28. The molecule has 2 aromatic heterocycles. The second kappa shape index (κ2) is 9.32. The van der Waals surface area contributed by atoms with Crippen molar-refractivity contribution >= 4 is 33.8 Å². The number of aromatic nitrogens is 2. The van der Waals surface area contributed by atoms with E-state index in [0.717, 1.165) is 62.1 Å². The highest BCUT2D eigenvalue weighted by Crippen LogP contribution is 2.39. The van der Waals surface area contributed by atoms with Crippen molar-refractivity contribution in [3.05, 3.63) is 75.4 Å². The standard InChI is InChI=1S/C26H27ClN4O2S/c1-30-9-8-21-22-14-18(27)4-7-23(22)29-24(21)25(30)17-2-5-19(6-3-17)33-26-28-15-20(34-26)16-31-10-12-32-13-11-31/h2-7,14-15,25,29H,8-13,16H2,1H3. The number of rotatable bonds is 5. The Kier molecular flexibility index (Phi) is 6.05. The van der Waals surface area contributed by atoms with E-state index in [1.54, 1.807) is 11.3 Å². The van der Waals surface area contributed by atoms with Gasteiger partial charge in [0.2, 0.25) is 0 Å². The number of hydrogen-bond donors (Lipinski definition) is 1. The minimum Gasteiger partial charge on any atom is -0.431 e. The molecule has 0 aliphatic carbocycles. The normalized spacial score (nSPS) is 19.4. The van der Waals surface area contributed by atoms with Crippen LogP contribution in [0, 0.1) is 0 Å². The van der Waals surface area contributed by atoms with E-state index in [2.05, 4.69) is 51.1 Å². The maximum atomic E-state index is 6.28. The number of thiazole rings is 1. The molecule has 8 heteroatoms. The molecule has 0 spiro atoms. The molecule has 0 amide bonds. The molecular formula is C26H27ClN4O2S. The van der Waals surface area contributed by atoms with Gasteiger partial charge >= 0.3 is 0 Å². The second-order valence-electron chi connectivity index (χ2n) is 8.99. The van der Waals surface area contributed by atoms with Crippen LogP contribution in [0.5, 0.6) is 10.9 Å². The van der Waals surface area contributed by atoms with E-state index in [4.69, 9.17) is 21.1 Å². The van der Waals surface area contributed by atoms with Gasteiger partial charge in [0, 0.05) is 58.9 Å². The topological polar surface area (TPSA) is 53.6 Å². The molecule has 0 saturated carbocycles. The Morgan fingerprint density at radius 2 is 1.97 bits per heavy atom. The molecule has 1 atom stereocenters. The van der Waals surface area contributed by atoms with Crippen molar-refractivity contribution in [1.82, 2.24) is 19.8 Å². The van der Waals surface area contributed by atoms with Crippen LogP contribution in [0.15, 0.2) is 48.7 Å². The number of halogens is 1. The van der Waals surface area contributed by atoms with Crippen molar-refractivity contribution in [3.63, 3.8) is 0 Å². The van der Waals surface area contributed by atoms with Crippen molar-refractivity contribution in [3.8, 4) is 10.9 Å². The van der Waals surface area contributed by atoms with Crippen LogP contribution in [0.2, 0.25) is 5.02 Å². The number of nitrogens with one attached hydrogen (secondary N) is 1. The summed E-state index contributed by atoms with van der Waals surface area (Å²) in [6.07, 6.45) is 2.94. The van der Waals surface area contributed by atoms with Crippen LogP contribution in [-0.4, -0.2) is 59.7 Å². The van der Waals surface area contributed by atoms with Gasteiger partial charge in [-0.2, -0.15) is 0 Å². The molecule has 0 radical (unpaired) electrons. The Morgan fingerprint density at radius 3 is 2.79 bits per heavy atom. The van der Waals surface area contributed by atoms with Crippen LogP contribution in [-0.2, 0) is 17.7 Å². The third kappa shape index (κ3) is 4.34. The molecule has 34 heavy (non-hydrogen) atoms. The summed E-state index contributed by atoms with van der Waals surface area (Å²) in [4.78, 5) is 14.1. The number of nitrogens with zero attached hydrogens (tertiary/aromatic N) is 3. The first-order valence-corrected chi connectivity index (χ1v) is 12.9. The van der Waals surface area contributed by atoms with Crippen LogP contribution in [0.4, 0.5) is 0 Å². The fourth-order valence-corrected chi connectivity index (χ4v) is 6.00. The summed E-state index contributed by atoms with van der Waals surface area (Å²) in [6, 6.07) is 14.7. The number of morpholine rings is 1. The van der Waals surface area contributed by atoms with Crippen molar-refractivity contribution in [2.45, 2.75) is 19.0 Å². The summed E-state index contributed by atoms with van der Waals surface area (Å²) in [5.74, 6) is 0.804. The highest BCUT2D eigenvalue weighted by Gasteiger charge is 2.29. The third-order valence-corrected chi connectivity index (χ3v) is 7.84. The number of benzene rings is 2. The second-order valence-corrected chi connectivity index (χ2v) is 10.5. The lowest BCUT2D eigenvalue weighted by Gasteiger charge is -2.33. The van der Waals surface area contributed by atoms with Gasteiger partial charge in [0.1, 0.15) is 5.75 Å². The molecule has 4 aromatic rings. The summed E-state index contributed by atoms with van der Waals surface area (Å²) < 4.78 is 11.5. The molecule has 0 bridgehead atoms.